The third kappa shape index (κ3) is 3.97. The molecule has 8 heteroatoms. The normalized spacial score (nSPS) is 21.0. The van der Waals surface area contributed by atoms with Crippen molar-refractivity contribution in [3.05, 3.63) is 52.0 Å². The van der Waals surface area contributed by atoms with Gasteiger partial charge in [-0.3, -0.25) is 4.79 Å². The topological polar surface area (TPSA) is 32.3 Å². The molecule has 0 saturated carbocycles. The van der Waals surface area contributed by atoms with E-state index in [4.69, 9.17) is 11.6 Å². The number of benzene rings is 1. The number of rotatable bonds is 3. The van der Waals surface area contributed by atoms with Gasteiger partial charge in [0, 0.05) is 16.6 Å². The van der Waals surface area contributed by atoms with Crippen LogP contribution in [-0.4, -0.2) is 19.1 Å². The molecule has 23 heavy (non-hydrogen) atoms. The Labute approximate surface area is 144 Å². The van der Waals surface area contributed by atoms with Crippen LogP contribution in [0.15, 0.2) is 52.0 Å². The van der Waals surface area contributed by atoms with Crippen LogP contribution in [0.25, 0.3) is 0 Å². The van der Waals surface area contributed by atoms with Crippen LogP contribution >= 0.6 is 27.5 Å². The van der Waals surface area contributed by atoms with E-state index in [-0.39, 0.29) is 5.03 Å². The van der Waals surface area contributed by atoms with E-state index in [0.717, 1.165) is 11.1 Å². The molecular weight excluding hydrogens is 397 g/mol. The number of hydrazine groups is 1. The Morgan fingerprint density at radius 3 is 2.65 bits per heavy atom. The molecule has 0 aromatic heterocycles. The van der Waals surface area contributed by atoms with Gasteiger partial charge in [0.2, 0.25) is 0 Å². The highest BCUT2D eigenvalue weighted by atomic mass is 79.9. The second kappa shape index (κ2) is 7.07. The third-order valence-corrected chi connectivity index (χ3v) is 4.24. The van der Waals surface area contributed by atoms with E-state index in [9.17, 15) is 18.0 Å². The molecule has 2 rings (SSSR count). The summed E-state index contributed by atoms with van der Waals surface area (Å²) >= 11 is 9.19. The molecule has 0 spiro atoms. The smallest absolute Gasteiger partial charge is 0.272 e. The number of carbonyl (C=O) groups is 1. The first-order valence-electron chi connectivity index (χ1n) is 6.63. The summed E-state index contributed by atoms with van der Waals surface area (Å²) in [4.78, 5) is 12.7. The Kier molecular flexibility index (Phi) is 5.54. The van der Waals surface area contributed by atoms with Crippen molar-refractivity contribution in [3.8, 4) is 0 Å². The van der Waals surface area contributed by atoms with Crippen LogP contribution in [0.4, 0.5) is 18.9 Å². The maximum absolute atomic E-state index is 13.2. The molecule has 2 atom stereocenters. The first-order chi connectivity index (χ1) is 10.8. The maximum Gasteiger partial charge on any atom is 0.396 e. The quantitative estimate of drug-likeness (QED) is 0.750. The number of hydrogen-bond acceptors (Lipinski definition) is 2. The fourth-order valence-corrected chi connectivity index (χ4v) is 3.03. The number of halogens is 5. The second-order valence-electron chi connectivity index (χ2n) is 4.86. The van der Waals surface area contributed by atoms with Gasteiger partial charge in [0.15, 0.2) is 0 Å². The summed E-state index contributed by atoms with van der Waals surface area (Å²) in [5.74, 6) is -4.26. The van der Waals surface area contributed by atoms with E-state index in [2.05, 4.69) is 21.4 Å². The van der Waals surface area contributed by atoms with Gasteiger partial charge in [0.05, 0.1) is 17.5 Å². The molecule has 1 amide bonds. The number of hydrogen-bond donors (Lipinski definition) is 1. The fourth-order valence-electron chi connectivity index (χ4n) is 2.34. The monoisotopic (exact) mass is 408 g/mol. The number of nitrogens with zero attached hydrogens (tertiary/aromatic N) is 1. The molecule has 1 aliphatic rings. The summed E-state index contributed by atoms with van der Waals surface area (Å²) in [7, 11) is 1.46. The molecule has 124 valence electrons. The predicted molar refractivity (Wildman–Crippen MR) is 86.8 cm³/mol. The molecule has 0 aliphatic heterocycles. The zero-order valence-electron chi connectivity index (χ0n) is 11.9. The maximum atomic E-state index is 13.2. The average molecular weight is 410 g/mol. The Morgan fingerprint density at radius 1 is 1.39 bits per heavy atom. The highest BCUT2D eigenvalue weighted by molar-refractivity contribution is 9.10. The van der Waals surface area contributed by atoms with Crippen LogP contribution in [0, 0.1) is 11.8 Å². The highest BCUT2D eigenvalue weighted by Gasteiger charge is 2.49. The first-order valence-corrected chi connectivity index (χ1v) is 7.80. The highest BCUT2D eigenvalue weighted by Crippen LogP contribution is 2.41. The van der Waals surface area contributed by atoms with Gasteiger partial charge >= 0.3 is 6.18 Å². The third-order valence-electron chi connectivity index (χ3n) is 3.38. The lowest BCUT2D eigenvalue weighted by atomic mass is 9.86. The number of allylic oxidation sites excluding steroid dienone is 3. The summed E-state index contributed by atoms with van der Waals surface area (Å²) < 4.78 is 40.4. The number of nitrogens with one attached hydrogen (secondary N) is 1. The first kappa shape index (κ1) is 18.0. The number of amides is 1. The van der Waals surface area contributed by atoms with Gasteiger partial charge in [0.25, 0.3) is 5.91 Å². The molecule has 0 fully saturated rings. The van der Waals surface area contributed by atoms with Crippen LogP contribution in [0.2, 0.25) is 0 Å². The lowest BCUT2D eigenvalue weighted by molar-refractivity contribution is -0.174. The van der Waals surface area contributed by atoms with Gasteiger partial charge in [-0.25, -0.2) is 10.4 Å². The van der Waals surface area contributed by atoms with Gasteiger partial charge in [0.1, 0.15) is 0 Å². The molecule has 0 heterocycles. The number of anilines is 1. The van der Waals surface area contributed by atoms with Crippen LogP contribution in [0.1, 0.15) is 0 Å². The zero-order valence-corrected chi connectivity index (χ0v) is 14.3. The molecule has 0 saturated heterocycles. The minimum atomic E-state index is -4.57. The molecule has 1 N–H and O–H groups in total. The lowest BCUT2D eigenvalue weighted by Gasteiger charge is -2.32. The number of carbonyl (C=O) groups excluding carboxylic acids is 1. The molecule has 1 aliphatic carbocycles. The molecule has 1 aromatic carbocycles. The lowest BCUT2D eigenvalue weighted by Crippen LogP contribution is -2.48. The number of alkyl halides is 3. The van der Waals surface area contributed by atoms with Gasteiger partial charge < -0.3 is 0 Å². The SMILES string of the molecule is CNN(C(=O)C1C(Cl)=CC=CC1C(F)(F)F)c1cccc(Br)c1. The summed E-state index contributed by atoms with van der Waals surface area (Å²) in [5.41, 5.74) is 3.03. The minimum absolute atomic E-state index is 0.143. The Bertz CT molecular complexity index is 660. The van der Waals surface area contributed by atoms with Gasteiger partial charge in [-0.05, 0) is 24.3 Å². The molecular formula is C15H13BrClF3N2O. The summed E-state index contributed by atoms with van der Waals surface area (Å²) in [6, 6.07) is 6.65. The van der Waals surface area contributed by atoms with E-state index >= 15 is 0 Å². The summed E-state index contributed by atoms with van der Waals surface area (Å²) in [6.45, 7) is 0. The summed E-state index contributed by atoms with van der Waals surface area (Å²) in [5, 5.41) is 0.916. The van der Waals surface area contributed by atoms with Gasteiger partial charge in [-0.2, -0.15) is 13.2 Å². The fraction of sp³-hybridized carbons (Fsp3) is 0.267. The molecule has 1 aromatic rings. The van der Waals surface area contributed by atoms with Crippen molar-refractivity contribution in [2.75, 3.05) is 12.1 Å². The Balaban J connectivity index is 2.39. The van der Waals surface area contributed by atoms with Crippen molar-refractivity contribution < 1.29 is 18.0 Å². The van der Waals surface area contributed by atoms with Gasteiger partial charge in [-0.15, -0.1) is 0 Å². The van der Waals surface area contributed by atoms with E-state index in [1.807, 2.05) is 0 Å². The Hall–Kier alpha value is -1.31. The second-order valence-corrected chi connectivity index (χ2v) is 6.21. The van der Waals surface area contributed by atoms with Crippen LogP contribution < -0.4 is 10.4 Å². The van der Waals surface area contributed by atoms with Crippen LogP contribution in [-0.2, 0) is 4.79 Å². The van der Waals surface area contributed by atoms with E-state index in [1.165, 1.54) is 19.2 Å². The minimum Gasteiger partial charge on any atom is -0.272 e. The predicted octanol–water partition coefficient (Wildman–Crippen LogP) is 4.40. The molecule has 2 unspecified atom stereocenters. The molecule has 0 radical (unpaired) electrons. The Morgan fingerprint density at radius 2 is 2.09 bits per heavy atom. The van der Waals surface area contributed by atoms with Crippen LogP contribution in [0.5, 0.6) is 0 Å². The van der Waals surface area contributed by atoms with Crippen molar-refractivity contribution in [2.24, 2.45) is 11.8 Å². The van der Waals surface area contributed by atoms with Gasteiger partial charge in [-0.1, -0.05) is 45.7 Å². The van der Waals surface area contributed by atoms with E-state index in [0.29, 0.717) is 10.2 Å². The molecule has 3 nitrogen and oxygen atoms in total. The van der Waals surface area contributed by atoms with Crippen LogP contribution in [0.3, 0.4) is 0 Å². The van der Waals surface area contributed by atoms with E-state index in [1.54, 1.807) is 24.3 Å². The van der Waals surface area contributed by atoms with Crippen molar-refractivity contribution >= 4 is 39.1 Å². The van der Waals surface area contributed by atoms with E-state index < -0.39 is 23.9 Å². The average Bonchev–Trinajstić information content (AvgIpc) is 2.46. The summed E-state index contributed by atoms with van der Waals surface area (Å²) in [6.07, 6.45) is -1.10. The van der Waals surface area contributed by atoms with Crippen molar-refractivity contribution in [3.63, 3.8) is 0 Å². The largest absolute Gasteiger partial charge is 0.396 e. The standard InChI is InChI=1S/C15H13BrClF3N2O/c1-21-22(10-5-2-4-9(16)8-10)14(23)13-11(15(18,19)20)6-3-7-12(13)17/h2-8,11,13,21H,1H3. The zero-order chi connectivity index (χ0) is 17.2. The molecule has 0 bridgehead atoms. The van der Waals surface area contributed by atoms with Crippen molar-refractivity contribution in [1.82, 2.24) is 5.43 Å². The van der Waals surface area contributed by atoms with Crippen molar-refractivity contribution in [2.45, 2.75) is 6.18 Å². The van der Waals surface area contributed by atoms with Crippen molar-refractivity contribution in [1.29, 1.82) is 0 Å².